The third-order valence-corrected chi connectivity index (χ3v) is 6.31. The van der Waals surface area contributed by atoms with Crippen molar-refractivity contribution in [3.05, 3.63) is 80.5 Å². The number of nitro benzene ring substituents is 1. The van der Waals surface area contributed by atoms with Crippen LogP contribution in [0.3, 0.4) is 0 Å². The lowest BCUT2D eigenvalue weighted by molar-refractivity contribution is -0.384. The number of hydrazine groups is 1. The number of anilines is 2. The molecule has 0 aliphatic heterocycles. The van der Waals surface area contributed by atoms with Gasteiger partial charge in [0.05, 0.1) is 4.92 Å². The second-order valence-electron chi connectivity index (χ2n) is 5.94. The Morgan fingerprint density at radius 3 is 2.45 bits per heavy atom. The topological polar surface area (TPSA) is 130 Å². The number of hydrogen-bond acceptors (Lipinski definition) is 7. The minimum atomic E-state index is -4.00. The molecule has 1 heterocycles. The largest absolute Gasteiger partial charge is 0.294 e. The lowest BCUT2D eigenvalue weighted by Gasteiger charge is -2.11. The summed E-state index contributed by atoms with van der Waals surface area (Å²) in [6.45, 7) is 1.88. The fourth-order valence-corrected chi connectivity index (χ4v) is 4.81. The van der Waals surface area contributed by atoms with E-state index in [0.717, 1.165) is 16.9 Å². The summed E-state index contributed by atoms with van der Waals surface area (Å²) in [4.78, 5) is 22.7. The molecule has 0 saturated heterocycles. The molecular weight excluding hydrogens is 416 g/mol. The lowest BCUT2D eigenvalue weighted by atomic mass is 10.2. The van der Waals surface area contributed by atoms with Crippen LogP contribution in [0, 0.1) is 17.0 Å². The van der Waals surface area contributed by atoms with Crippen LogP contribution in [0.15, 0.2) is 64.9 Å². The summed E-state index contributed by atoms with van der Waals surface area (Å²) in [6, 6.07) is 13.8. The number of carbonyl (C=O) groups is 1. The number of thiophene rings is 1. The Morgan fingerprint density at radius 1 is 1.07 bits per heavy atom. The zero-order valence-corrected chi connectivity index (χ0v) is 16.7. The van der Waals surface area contributed by atoms with Gasteiger partial charge in [0.1, 0.15) is 15.5 Å². The number of sulfonamides is 1. The third kappa shape index (κ3) is 4.70. The number of benzene rings is 2. The monoisotopic (exact) mass is 432 g/mol. The Labute approximate surface area is 170 Å². The van der Waals surface area contributed by atoms with Gasteiger partial charge in [-0.1, -0.05) is 29.8 Å². The lowest BCUT2D eigenvalue weighted by Crippen LogP contribution is -2.30. The molecular formula is C18H16N4O5S2. The van der Waals surface area contributed by atoms with Crippen LogP contribution in [0.1, 0.15) is 15.2 Å². The zero-order valence-electron chi connectivity index (χ0n) is 15.1. The second kappa shape index (κ2) is 8.29. The maximum atomic E-state index is 12.7. The van der Waals surface area contributed by atoms with Crippen molar-refractivity contribution in [3.63, 3.8) is 0 Å². The van der Waals surface area contributed by atoms with Crippen LogP contribution in [0.4, 0.5) is 17.1 Å². The highest BCUT2D eigenvalue weighted by Gasteiger charge is 2.24. The summed E-state index contributed by atoms with van der Waals surface area (Å²) in [6.07, 6.45) is 0. The van der Waals surface area contributed by atoms with Gasteiger partial charge in [-0.05, 0) is 36.6 Å². The molecule has 11 heteroatoms. The number of aryl methyl sites for hydroxylation is 1. The van der Waals surface area contributed by atoms with Gasteiger partial charge >= 0.3 is 0 Å². The molecule has 1 aromatic heterocycles. The minimum Gasteiger partial charge on any atom is -0.292 e. The summed E-state index contributed by atoms with van der Waals surface area (Å²) >= 11 is 0.938. The van der Waals surface area contributed by atoms with Crippen molar-refractivity contribution in [2.75, 3.05) is 10.1 Å². The summed E-state index contributed by atoms with van der Waals surface area (Å²) < 4.78 is 27.8. The molecule has 0 fully saturated rings. The summed E-state index contributed by atoms with van der Waals surface area (Å²) in [5, 5.41) is 12.5. The highest BCUT2D eigenvalue weighted by Crippen LogP contribution is 2.26. The van der Waals surface area contributed by atoms with E-state index in [0.29, 0.717) is 5.69 Å². The molecule has 150 valence electrons. The predicted octanol–water partition coefficient (Wildman–Crippen LogP) is 3.52. The second-order valence-corrected chi connectivity index (χ2v) is 8.51. The van der Waals surface area contributed by atoms with E-state index in [4.69, 9.17) is 0 Å². The SMILES string of the molecule is Cc1ccc(NS(=O)(=O)c2ccsc2C(=O)NNc2ccccc2[N+](=O)[O-])cc1. The van der Waals surface area contributed by atoms with Crippen molar-refractivity contribution in [2.45, 2.75) is 11.8 Å². The van der Waals surface area contributed by atoms with Gasteiger partial charge < -0.3 is 0 Å². The van der Waals surface area contributed by atoms with Crippen molar-refractivity contribution in [1.82, 2.24) is 5.43 Å². The van der Waals surface area contributed by atoms with Crippen LogP contribution in [0.5, 0.6) is 0 Å². The summed E-state index contributed by atoms with van der Waals surface area (Å²) in [5.74, 6) is -0.734. The fraction of sp³-hybridized carbons (Fsp3) is 0.0556. The smallest absolute Gasteiger partial charge is 0.292 e. The first kappa shape index (κ1) is 20.3. The quantitative estimate of drug-likeness (QED) is 0.387. The first-order valence-electron chi connectivity index (χ1n) is 8.25. The van der Waals surface area contributed by atoms with E-state index < -0.39 is 20.9 Å². The highest BCUT2D eigenvalue weighted by molar-refractivity contribution is 7.93. The number of rotatable bonds is 7. The number of carbonyl (C=O) groups excluding carboxylic acids is 1. The van der Waals surface area contributed by atoms with E-state index in [1.807, 2.05) is 6.92 Å². The summed E-state index contributed by atoms with van der Waals surface area (Å²) in [5.41, 5.74) is 5.96. The maximum Gasteiger partial charge on any atom is 0.294 e. The molecule has 29 heavy (non-hydrogen) atoms. The van der Waals surface area contributed by atoms with Crippen molar-refractivity contribution >= 4 is 44.3 Å². The number of hydrogen-bond donors (Lipinski definition) is 3. The van der Waals surface area contributed by atoms with Gasteiger partial charge in [-0.15, -0.1) is 11.3 Å². The van der Waals surface area contributed by atoms with Gasteiger partial charge in [-0.2, -0.15) is 0 Å². The van der Waals surface area contributed by atoms with E-state index in [1.165, 1.54) is 29.6 Å². The normalized spacial score (nSPS) is 10.9. The Morgan fingerprint density at radius 2 is 1.76 bits per heavy atom. The highest BCUT2D eigenvalue weighted by atomic mass is 32.2. The number of amides is 1. The molecule has 2 aromatic carbocycles. The van der Waals surface area contributed by atoms with E-state index in [-0.39, 0.29) is 21.1 Å². The minimum absolute atomic E-state index is 0.0595. The van der Waals surface area contributed by atoms with Gasteiger partial charge in [0.25, 0.3) is 21.6 Å². The first-order chi connectivity index (χ1) is 13.8. The molecule has 0 radical (unpaired) electrons. The molecule has 3 rings (SSSR count). The fourth-order valence-electron chi connectivity index (χ4n) is 2.43. The molecule has 1 amide bonds. The van der Waals surface area contributed by atoms with Crippen molar-refractivity contribution in [3.8, 4) is 0 Å². The Hall–Kier alpha value is -3.44. The number of para-hydroxylation sites is 2. The van der Waals surface area contributed by atoms with Gasteiger partial charge in [-0.25, -0.2) is 8.42 Å². The Balaban J connectivity index is 1.78. The molecule has 9 nitrogen and oxygen atoms in total. The zero-order chi connectivity index (χ0) is 21.0. The van der Waals surface area contributed by atoms with Crippen LogP contribution < -0.4 is 15.6 Å². The van der Waals surface area contributed by atoms with Gasteiger partial charge in [0.2, 0.25) is 0 Å². The molecule has 0 aliphatic rings. The van der Waals surface area contributed by atoms with Crippen molar-refractivity contribution in [2.24, 2.45) is 0 Å². The van der Waals surface area contributed by atoms with Gasteiger partial charge in [0.15, 0.2) is 0 Å². The van der Waals surface area contributed by atoms with E-state index >= 15 is 0 Å². The average Bonchev–Trinajstić information content (AvgIpc) is 3.19. The average molecular weight is 432 g/mol. The van der Waals surface area contributed by atoms with Crippen LogP contribution in [0.2, 0.25) is 0 Å². The predicted molar refractivity (Wildman–Crippen MR) is 110 cm³/mol. The Bertz CT molecular complexity index is 1160. The summed E-state index contributed by atoms with van der Waals surface area (Å²) in [7, 11) is -4.00. The molecule has 3 N–H and O–H groups in total. The molecule has 0 saturated carbocycles. The van der Waals surface area contributed by atoms with Crippen LogP contribution in [-0.4, -0.2) is 19.2 Å². The van der Waals surface area contributed by atoms with E-state index in [1.54, 1.807) is 30.3 Å². The van der Waals surface area contributed by atoms with E-state index in [2.05, 4.69) is 15.6 Å². The maximum absolute atomic E-state index is 12.7. The molecule has 0 aliphatic carbocycles. The van der Waals surface area contributed by atoms with Crippen LogP contribution in [-0.2, 0) is 10.0 Å². The standard InChI is InChI=1S/C18H16N4O5S2/c1-12-6-8-13(9-7-12)21-29(26,27)16-10-11-28-17(16)18(23)20-19-14-4-2-3-5-15(14)22(24)25/h2-11,19,21H,1H3,(H,20,23). The number of nitro groups is 1. The van der Waals surface area contributed by atoms with Gasteiger partial charge in [-0.3, -0.25) is 30.5 Å². The number of nitrogens with zero attached hydrogens (tertiary/aromatic N) is 1. The van der Waals surface area contributed by atoms with Gasteiger partial charge in [0, 0.05) is 11.8 Å². The van der Waals surface area contributed by atoms with Crippen molar-refractivity contribution in [1.29, 1.82) is 0 Å². The molecule has 0 unspecified atom stereocenters. The first-order valence-corrected chi connectivity index (χ1v) is 10.6. The number of nitrogens with one attached hydrogen (secondary N) is 3. The van der Waals surface area contributed by atoms with Crippen molar-refractivity contribution < 1.29 is 18.1 Å². The van der Waals surface area contributed by atoms with Crippen LogP contribution >= 0.6 is 11.3 Å². The Kier molecular flexibility index (Phi) is 5.80. The molecule has 0 bridgehead atoms. The molecule has 0 atom stereocenters. The van der Waals surface area contributed by atoms with E-state index in [9.17, 15) is 23.3 Å². The third-order valence-electron chi connectivity index (χ3n) is 3.84. The molecule has 0 spiro atoms. The van der Waals surface area contributed by atoms with Crippen LogP contribution in [0.25, 0.3) is 0 Å². The molecule has 3 aromatic rings.